The molecule has 1 saturated carbocycles. The third-order valence-corrected chi connectivity index (χ3v) is 8.35. The number of piperidine rings is 1. The summed E-state index contributed by atoms with van der Waals surface area (Å²) in [5.74, 6) is 0.000166. The van der Waals surface area contributed by atoms with Crippen LogP contribution in [0.15, 0.2) is 21.7 Å². The molecule has 1 aromatic heterocycles. The molecule has 2 fully saturated rings. The lowest BCUT2D eigenvalue weighted by molar-refractivity contribution is -0.123. The zero-order valence-corrected chi connectivity index (χ0v) is 15.6. The smallest absolute Gasteiger partial charge is 0.252 e. The van der Waals surface area contributed by atoms with Gasteiger partial charge < -0.3 is 5.32 Å². The van der Waals surface area contributed by atoms with E-state index in [2.05, 4.69) is 5.32 Å². The Morgan fingerprint density at radius 1 is 1.17 bits per heavy atom. The fourth-order valence-corrected chi connectivity index (χ4v) is 6.58. The standard InChI is InChI=1S/C17H26N2O3S2/c20-16(18-14-7-2-1-3-8-14)13-15-9-4-5-11-19(15)24(21,22)17-10-6-12-23-17/h6,10,12,14-15H,1-5,7-9,11,13H2,(H,18,20)/t15-/m1/s1. The van der Waals surface area contributed by atoms with E-state index < -0.39 is 10.0 Å². The Hall–Kier alpha value is -0.920. The number of nitrogens with one attached hydrogen (secondary N) is 1. The molecular formula is C17H26N2O3S2. The Labute approximate surface area is 148 Å². The van der Waals surface area contributed by atoms with Crippen molar-refractivity contribution in [3.05, 3.63) is 17.5 Å². The highest BCUT2D eigenvalue weighted by Gasteiger charge is 2.35. The third kappa shape index (κ3) is 4.18. The Balaban J connectivity index is 1.65. The van der Waals surface area contributed by atoms with Crippen LogP contribution in [-0.2, 0) is 14.8 Å². The molecule has 1 amide bonds. The SMILES string of the molecule is O=C(C[C@H]1CCCCN1S(=O)(=O)c1cccs1)NC1CCCCC1. The zero-order valence-electron chi connectivity index (χ0n) is 13.9. The van der Waals surface area contributed by atoms with Crippen molar-refractivity contribution in [2.75, 3.05) is 6.54 Å². The molecule has 2 heterocycles. The molecule has 2 aliphatic rings. The first-order valence-electron chi connectivity index (χ1n) is 8.92. The molecule has 0 spiro atoms. The van der Waals surface area contributed by atoms with Gasteiger partial charge in [-0.3, -0.25) is 4.79 Å². The van der Waals surface area contributed by atoms with Crippen LogP contribution in [0, 0.1) is 0 Å². The van der Waals surface area contributed by atoms with E-state index in [1.54, 1.807) is 21.8 Å². The minimum Gasteiger partial charge on any atom is -0.353 e. The summed E-state index contributed by atoms with van der Waals surface area (Å²) in [5, 5.41) is 4.89. The van der Waals surface area contributed by atoms with E-state index in [1.165, 1.54) is 30.6 Å². The number of hydrogen-bond donors (Lipinski definition) is 1. The summed E-state index contributed by atoms with van der Waals surface area (Å²) < 4.78 is 27.6. The molecule has 1 aliphatic carbocycles. The predicted molar refractivity (Wildman–Crippen MR) is 95.5 cm³/mol. The van der Waals surface area contributed by atoms with E-state index >= 15 is 0 Å². The summed E-state index contributed by atoms with van der Waals surface area (Å²) in [4.78, 5) is 12.4. The van der Waals surface area contributed by atoms with Gasteiger partial charge in [0.15, 0.2) is 0 Å². The molecule has 3 rings (SSSR count). The molecule has 134 valence electrons. The van der Waals surface area contributed by atoms with Crippen LogP contribution >= 0.6 is 11.3 Å². The second kappa shape index (κ2) is 7.97. The van der Waals surface area contributed by atoms with Crippen molar-refractivity contribution in [3.8, 4) is 0 Å². The van der Waals surface area contributed by atoms with Gasteiger partial charge >= 0.3 is 0 Å². The summed E-state index contributed by atoms with van der Waals surface area (Å²) in [6.45, 7) is 0.515. The predicted octanol–water partition coefficient (Wildman–Crippen LogP) is 3.13. The van der Waals surface area contributed by atoms with Crippen molar-refractivity contribution >= 4 is 27.3 Å². The number of carbonyl (C=O) groups excluding carboxylic acids is 1. The second-order valence-electron chi connectivity index (χ2n) is 6.80. The number of sulfonamides is 1. The van der Waals surface area contributed by atoms with Crippen LogP contribution in [0.25, 0.3) is 0 Å². The monoisotopic (exact) mass is 370 g/mol. The van der Waals surface area contributed by atoms with Gasteiger partial charge in [-0.25, -0.2) is 8.42 Å². The van der Waals surface area contributed by atoms with Crippen molar-refractivity contribution in [3.63, 3.8) is 0 Å². The Kier molecular flexibility index (Phi) is 5.94. The fourth-order valence-electron chi connectivity index (χ4n) is 3.77. The summed E-state index contributed by atoms with van der Waals surface area (Å²) in [6.07, 6.45) is 8.59. The first kappa shape index (κ1) is 17.9. The van der Waals surface area contributed by atoms with E-state index in [9.17, 15) is 13.2 Å². The molecule has 1 N–H and O–H groups in total. The lowest BCUT2D eigenvalue weighted by atomic mass is 9.95. The maximum Gasteiger partial charge on any atom is 0.252 e. The molecular weight excluding hydrogens is 344 g/mol. The zero-order chi connectivity index (χ0) is 17.0. The quantitative estimate of drug-likeness (QED) is 0.866. The largest absolute Gasteiger partial charge is 0.353 e. The fraction of sp³-hybridized carbons (Fsp3) is 0.706. The summed E-state index contributed by atoms with van der Waals surface area (Å²) in [5.41, 5.74) is 0. The maximum atomic E-state index is 12.8. The van der Waals surface area contributed by atoms with E-state index in [4.69, 9.17) is 0 Å². The number of amides is 1. The first-order chi connectivity index (χ1) is 11.6. The normalized spacial score (nSPS) is 23.9. The summed E-state index contributed by atoms with van der Waals surface area (Å²) in [7, 11) is -3.47. The molecule has 1 aromatic rings. The average molecular weight is 371 g/mol. The highest BCUT2D eigenvalue weighted by atomic mass is 32.2. The minimum absolute atomic E-state index is 0.000166. The van der Waals surface area contributed by atoms with E-state index in [1.807, 2.05) is 0 Å². The second-order valence-corrected chi connectivity index (χ2v) is 9.87. The van der Waals surface area contributed by atoms with Crippen LogP contribution in [0.3, 0.4) is 0 Å². The molecule has 0 radical (unpaired) electrons. The molecule has 0 unspecified atom stereocenters. The number of nitrogens with zero attached hydrogens (tertiary/aromatic N) is 1. The van der Waals surface area contributed by atoms with Gasteiger partial charge in [0, 0.05) is 25.0 Å². The lowest BCUT2D eigenvalue weighted by Gasteiger charge is -2.34. The van der Waals surface area contributed by atoms with Crippen molar-refractivity contribution in [2.24, 2.45) is 0 Å². The van der Waals surface area contributed by atoms with Crippen LogP contribution in [-0.4, -0.2) is 37.3 Å². The summed E-state index contributed by atoms with van der Waals surface area (Å²) in [6, 6.07) is 3.46. The highest BCUT2D eigenvalue weighted by Crippen LogP contribution is 2.29. The van der Waals surface area contributed by atoms with Crippen LogP contribution in [0.1, 0.15) is 57.8 Å². The average Bonchev–Trinajstić information content (AvgIpc) is 3.11. The molecule has 5 nitrogen and oxygen atoms in total. The van der Waals surface area contributed by atoms with Crippen LogP contribution in [0.4, 0.5) is 0 Å². The first-order valence-corrected chi connectivity index (χ1v) is 11.2. The number of carbonyl (C=O) groups is 1. The van der Waals surface area contributed by atoms with Crippen molar-refractivity contribution in [2.45, 2.75) is 74.1 Å². The molecule has 24 heavy (non-hydrogen) atoms. The van der Waals surface area contributed by atoms with Gasteiger partial charge in [0.05, 0.1) is 0 Å². The van der Waals surface area contributed by atoms with Crippen LogP contribution in [0.5, 0.6) is 0 Å². The molecule has 1 saturated heterocycles. The highest BCUT2D eigenvalue weighted by molar-refractivity contribution is 7.91. The van der Waals surface area contributed by atoms with Gasteiger partial charge in [-0.2, -0.15) is 4.31 Å². The van der Waals surface area contributed by atoms with Crippen molar-refractivity contribution < 1.29 is 13.2 Å². The molecule has 7 heteroatoms. The van der Waals surface area contributed by atoms with E-state index in [0.717, 1.165) is 32.1 Å². The topological polar surface area (TPSA) is 66.5 Å². The third-order valence-electron chi connectivity index (χ3n) is 5.02. The van der Waals surface area contributed by atoms with Crippen LogP contribution in [0.2, 0.25) is 0 Å². The molecule has 0 bridgehead atoms. The van der Waals surface area contributed by atoms with Gasteiger partial charge in [-0.15, -0.1) is 11.3 Å². The molecule has 0 aromatic carbocycles. The van der Waals surface area contributed by atoms with Gasteiger partial charge in [0.25, 0.3) is 10.0 Å². The van der Waals surface area contributed by atoms with Crippen molar-refractivity contribution in [1.82, 2.24) is 9.62 Å². The van der Waals surface area contributed by atoms with Gasteiger partial charge in [0.1, 0.15) is 4.21 Å². The number of thiophene rings is 1. The lowest BCUT2D eigenvalue weighted by Crippen LogP contribution is -2.47. The van der Waals surface area contributed by atoms with Crippen LogP contribution < -0.4 is 5.32 Å². The molecule has 1 aliphatic heterocycles. The Morgan fingerprint density at radius 2 is 1.92 bits per heavy atom. The molecule has 1 atom stereocenters. The van der Waals surface area contributed by atoms with Gasteiger partial charge in [-0.05, 0) is 37.1 Å². The summed E-state index contributed by atoms with van der Waals surface area (Å²) >= 11 is 1.24. The van der Waals surface area contributed by atoms with Gasteiger partial charge in [-0.1, -0.05) is 31.7 Å². The Morgan fingerprint density at radius 3 is 2.62 bits per heavy atom. The van der Waals surface area contributed by atoms with E-state index in [0.29, 0.717) is 10.8 Å². The number of hydrogen-bond acceptors (Lipinski definition) is 4. The minimum atomic E-state index is -3.47. The van der Waals surface area contributed by atoms with Gasteiger partial charge in [0.2, 0.25) is 5.91 Å². The van der Waals surface area contributed by atoms with Crippen molar-refractivity contribution in [1.29, 1.82) is 0 Å². The maximum absolute atomic E-state index is 12.8. The number of rotatable bonds is 5. The Bertz CT molecular complexity index is 637. The van der Waals surface area contributed by atoms with E-state index in [-0.39, 0.29) is 24.4 Å².